The van der Waals surface area contributed by atoms with Crippen molar-refractivity contribution >= 4 is 6.09 Å². The molecule has 0 aromatic rings. The molecule has 2 rings (SSSR count). The number of rotatable bonds is 8. The van der Waals surface area contributed by atoms with Crippen LogP contribution in [0.2, 0.25) is 0 Å². The van der Waals surface area contributed by atoms with Crippen molar-refractivity contribution in [3.05, 3.63) is 36.2 Å². The van der Waals surface area contributed by atoms with Crippen LogP contribution >= 0.6 is 0 Å². The number of hydrogen-bond acceptors (Lipinski definition) is 5. The van der Waals surface area contributed by atoms with Gasteiger partial charge in [-0.3, -0.25) is 4.90 Å². The van der Waals surface area contributed by atoms with E-state index in [4.69, 9.17) is 10.00 Å². The van der Waals surface area contributed by atoms with Crippen LogP contribution in [-0.4, -0.2) is 61.9 Å². The topological polar surface area (TPSA) is 68.6 Å². The van der Waals surface area contributed by atoms with Crippen molar-refractivity contribution in [3.63, 3.8) is 0 Å². The summed E-state index contributed by atoms with van der Waals surface area (Å²) in [7, 11) is 1.79. The van der Waals surface area contributed by atoms with E-state index >= 15 is 0 Å². The number of halogens is 1. The van der Waals surface area contributed by atoms with E-state index in [1.807, 2.05) is 6.08 Å². The van der Waals surface area contributed by atoms with Gasteiger partial charge in [0.15, 0.2) is 0 Å². The molecule has 0 saturated carbocycles. The minimum absolute atomic E-state index is 0.244. The highest BCUT2D eigenvalue weighted by Crippen LogP contribution is 2.23. The summed E-state index contributed by atoms with van der Waals surface area (Å²) in [4.78, 5) is 15.6. The van der Waals surface area contributed by atoms with E-state index in [0.717, 1.165) is 31.6 Å². The monoisotopic (exact) mass is 362 g/mol. The molecule has 1 atom stereocenters. The van der Waals surface area contributed by atoms with Gasteiger partial charge in [0.05, 0.1) is 12.6 Å². The van der Waals surface area contributed by atoms with E-state index in [0.29, 0.717) is 31.1 Å². The molecular formula is C19H27FN4O2. The van der Waals surface area contributed by atoms with Crippen molar-refractivity contribution in [1.82, 2.24) is 15.1 Å². The second-order valence-electron chi connectivity index (χ2n) is 6.57. The van der Waals surface area contributed by atoms with Crippen molar-refractivity contribution in [2.45, 2.75) is 25.4 Å². The van der Waals surface area contributed by atoms with Crippen LogP contribution in [0.15, 0.2) is 36.2 Å². The molecule has 142 valence electrons. The van der Waals surface area contributed by atoms with Crippen molar-refractivity contribution in [2.75, 3.05) is 39.9 Å². The summed E-state index contributed by atoms with van der Waals surface area (Å²) >= 11 is 0. The lowest BCUT2D eigenvalue weighted by Crippen LogP contribution is -2.32. The Morgan fingerprint density at radius 2 is 2.19 bits per heavy atom. The maximum Gasteiger partial charge on any atom is 0.414 e. The maximum atomic E-state index is 12.9. The molecule has 2 aliphatic rings. The molecule has 1 N–H and O–H groups in total. The van der Waals surface area contributed by atoms with Gasteiger partial charge in [0.1, 0.15) is 12.8 Å². The van der Waals surface area contributed by atoms with Crippen molar-refractivity contribution in [1.29, 1.82) is 5.26 Å². The lowest BCUT2D eigenvalue weighted by atomic mass is 9.94. The number of likely N-dealkylation sites (tertiary alicyclic amines) is 1. The molecular weight excluding hydrogens is 335 g/mol. The average Bonchev–Trinajstić information content (AvgIpc) is 3.00. The van der Waals surface area contributed by atoms with Gasteiger partial charge in [0.25, 0.3) is 0 Å². The van der Waals surface area contributed by atoms with Gasteiger partial charge < -0.3 is 15.0 Å². The van der Waals surface area contributed by atoms with Crippen molar-refractivity contribution in [2.24, 2.45) is 5.92 Å². The Hall–Kier alpha value is -2.33. The number of piperidine rings is 1. The zero-order valence-electron chi connectivity index (χ0n) is 15.3. The second-order valence-corrected chi connectivity index (χ2v) is 6.57. The average molecular weight is 362 g/mol. The third-order valence-corrected chi connectivity index (χ3v) is 4.75. The predicted octanol–water partition coefficient (Wildman–Crippen LogP) is 2.58. The van der Waals surface area contributed by atoms with Crippen LogP contribution in [0.4, 0.5) is 9.18 Å². The van der Waals surface area contributed by atoms with Gasteiger partial charge in [-0.2, -0.15) is 5.26 Å². The highest BCUT2D eigenvalue weighted by molar-refractivity contribution is 5.73. The first kappa shape index (κ1) is 20.0. The highest BCUT2D eigenvalue weighted by atomic mass is 19.1. The normalized spacial score (nSPS) is 22.0. The Bertz CT molecular complexity index is 603. The number of likely N-dealkylation sites (N-methyl/N-ethyl adjacent to an activating group) is 1. The molecule has 2 saturated heterocycles. The molecule has 0 aromatic carbocycles. The summed E-state index contributed by atoms with van der Waals surface area (Å²) in [5.74, 6) is 0.457. The van der Waals surface area contributed by atoms with Gasteiger partial charge >= 0.3 is 6.09 Å². The number of nitriles is 1. The Morgan fingerprint density at radius 3 is 2.81 bits per heavy atom. The van der Waals surface area contributed by atoms with Crippen LogP contribution in [0.5, 0.6) is 0 Å². The lowest BCUT2D eigenvalue weighted by molar-refractivity contribution is 0.135. The predicted molar refractivity (Wildman–Crippen MR) is 97.8 cm³/mol. The molecule has 1 unspecified atom stereocenters. The SMILES string of the molecule is C=C(/C=C\C(=C/CF)N1CC(CNC)OC1=O)N1CCC(CC#N)CC1. The van der Waals surface area contributed by atoms with Crippen LogP contribution in [0.1, 0.15) is 19.3 Å². The minimum atomic E-state index is -0.661. The largest absolute Gasteiger partial charge is 0.443 e. The van der Waals surface area contributed by atoms with E-state index in [1.54, 1.807) is 13.1 Å². The molecule has 26 heavy (non-hydrogen) atoms. The lowest BCUT2D eigenvalue weighted by Gasteiger charge is -2.33. The Balaban J connectivity index is 1.95. The molecule has 7 heteroatoms. The fourth-order valence-corrected chi connectivity index (χ4v) is 3.25. The molecule has 0 aliphatic carbocycles. The van der Waals surface area contributed by atoms with Gasteiger partial charge in [-0.05, 0) is 44.0 Å². The van der Waals surface area contributed by atoms with E-state index in [2.05, 4.69) is 22.9 Å². The number of carbonyl (C=O) groups excluding carboxylic acids is 1. The standard InChI is InChI=1S/C19H27FN4O2/c1-15(23-11-7-16(6-10-21)8-12-23)3-4-17(5-9-20)24-14-18(13-22-2)26-19(24)25/h3-5,16,18,22H,1,6-9,11-14H2,2H3/b4-3-,17-5+. The first-order valence-electron chi connectivity index (χ1n) is 8.96. The summed E-state index contributed by atoms with van der Waals surface area (Å²) in [5, 5.41) is 11.8. The summed E-state index contributed by atoms with van der Waals surface area (Å²) in [6.45, 7) is 6.07. The van der Waals surface area contributed by atoms with Gasteiger partial charge in [-0.25, -0.2) is 9.18 Å². The third kappa shape index (κ3) is 5.33. The van der Waals surface area contributed by atoms with Crippen LogP contribution in [-0.2, 0) is 4.74 Å². The highest BCUT2D eigenvalue weighted by Gasteiger charge is 2.32. The smallest absolute Gasteiger partial charge is 0.414 e. The van der Waals surface area contributed by atoms with Gasteiger partial charge in [-0.15, -0.1) is 0 Å². The molecule has 0 aromatic heterocycles. The second kappa shape index (κ2) is 9.97. The molecule has 0 spiro atoms. The number of amides is 1. The number of nitrogens with zero attached hydrogens (tertiary/aromatic N) is 3. The summed E-state index contributed by atoms with van der Waals surface area (Å²) in [6.07, 6.45) is 6.73. The van der Waals surface area contributed by atoms with Crippen LogP contribution in [0.25, 0.3) is 0 Å². The molecule has 0 radical (unpaired) electrons. The minimum Gasteiger partial charge on any atom is -0.443 e. The van der Waals surface area contributed by atoms with E-state index in [1.165, 1.54) is 11.0 Å². The molecule has 0 bridgehead atoms. The van der Waals surface area contributed by atoms with Gasteiger partial charge in [0.2, 0.25) is 0 Å². The summed E-state index contributed by atoms with van der Waals surface area (Å²) in [5.41, 5.74) is 1.31. The Kier molecular flexibility index (Phi) is 7.67. The summed E-state index contributed by atoms with van der Waals surface area (Å²) < 4.78 is 18.2. The third-order valence-electron chi connectivity index (χ3n) is 4.75. The van der Waals surface area contributed by atoms with Crippen LogP contribution < -0.4 is 5.32 Å². The Labute approximate surface area is 154 Å². The molecule has 1 amide bonds. The fourth-order valence-electron chi connectivity index (χ4n) is 3.25. The number of hydrogen-bond donors (Lipinski definition) is 1. The molecule has 6 nitrogen and oxygen atoms in total. The molecule has 2 heterocycles. The van der Waals surface area contributed by atoms with E-state index < -0.39 is 12.8 Å². The van der Waals surface area contributed by atoms with Crippen molar-refractivity contribution < 1.29 is 13.9 Å². The number of nitrogens with one attached hydrogen (secondary N) is 1. The van der Waals surface area contributed by atoms with Gasteiger partial charge in [0, 0.05) is 37.4 Å². The number of ether oxygens (including phenoxy) is 1. The number of alkyl halides is 1. The van der Waals surface area contributed by atoms with Crippen LogP contribution in [0.3, 0.4) is 0 Å². The molecule has 2 aliphatic heterocycles. The Morgan fingerprint density at radius 1 is 1.46 bits per heavy atom. The first-order valence-corrected chi connectivity index (χ1v) is 8.96. The zero-order chi connectivity index (χ0) is 18.9. The van der Waals surface area contributed by atoms with Crippen molar-refractivity contribution in [3.8, 4) is 6.07 Å². The fraction of sp³-hybridized carbons (Fsp3) is 0.579. The zero-order valence-corrected chi connectivity index (χ0v) is 15.3. The maximum absolute atomic E-state index is 12.9. The first-order chi connectivity index (χ1) is 12.6. The van der Waals surface area contributed by atoms with Gasteiger partial charge in [-0.1, -0.05) is 6.58 Å². The van der Waals surface area contributed by atoms with E-state index in [-0.39, 0.29) is 6.10 Å². The van der Waals surface area contributed by atoms with Crippen LogP contribution in [0, 0.1) is 17.2 Å². The number of allylic oxidation sites excluding steroid dienone is 3. The summed E-state index contributed by atoms with van der Waals surface area (Å²) in [6, 6.07) is 2.23. The number of cyclic esters (lactones) is 1. The quantitative estimate of drug-likeness (QED) is 0.672. The molecule has 2 fully saturated rings. The van der Waals surface area contributed by atoms with E-state index in [9.17, 15) is 9.18 Å². The number of carbonyl (C=O) groups is 1.